The Morgan fingerprint density at radius 1 is 0.800 bits per heavy atom. The molecule has 0 N–H and O–H groups in total. The second-order valence-corrected chi connectivity index (χ2v) is 12.2. The van der Waals surface area contributed by atoms with Crippen LogP contribution in [0.3, 0.4) is 0 Å². The second kappa shape index (κ2) is 12.3. The van der Waals surface area contributed by atoms with Crippen molar-refractivity contribution < 1.29 is 4.43 Å². The smallest absolute Gasteiger partial charge is 0.220 e. The lowest BCUT2D eigenvalue weighted by Gasteiger charge is -2.30. The van der Waals surface area contributed by atoms with Crippen molar-refractivity contribution in [3.8, 4) is 0 Å². The molecular weight excluding hydrogens is 307 g/mol. The van der Waals surface area contributed by atoms with E-state index in [0.717, 1.165) is 6.42 Å². The molecule has 0 spiro atoms. The van der Waals surface area contributed by atoms with Gasteiger partial charge in [0.1, 0.15) is 4.46 Å². The average molecular weight is 341 g/mol. The minimum Gasteiger partial charge on any atom is -0.412 e. The highest BCUT2D eigenvalue weighted by atomic mass is 35.5. The van der Waals surface area contributed by atoms with Gasteiger partial charge >= 0.3 is 0 Å². The average Bonchev–Trinajstić information content (AvgIpc) is 2.37. The van der Waals surface area contributed by atoms with Crippen LogP contribution in [0.1, 0.15) is 78.1 Å². The van der Waals surface area contributed by atoms with Gasteiger partial charge in [-0.1, -0.05) is 65.2 Å². The number of unbranched alkanes of at least 4 members (excludes halogenated alkanes) is 6. The Kier molecular flexibility index (Phi) is 12.8. The number of halogens is 2. The third-order valence-electron chi connectivity index (χ3n) is 3.74. The van der Waals surface area contributed by atoms with Crippen LogP contribution < -0.4 is 0 Å². The normalized spacial score (nSPS) is 13.9. The zero-order valence-electron chi connectivity index (χ0n) is 13.9. The summed E-state index contributed by atoms with van der Waals surface area (Å²) in [6.45, 7) is 8.71. The van der Waals surface area contributed by atoms with Gasteiger partial charge in [0.05, 0.1) is 0 Å². The Bertz CT molecular complexity index is 223. The molecule has 20 heavy (non-hydrogen) atoms. The van der Waals surface area contributed by atoms with Crippen LogP contribution in [-0.4, -0.2) is 18.9 Å². The zero-order chi connectivity index (χ0) is 15.4. The van der Waals surface area contributed by atoms with Crippen molar-refractivity contribution in [3.63, 3.8) is 0 Å². The van der Waals surface area contributed by atoms with Crippen LogP contribution in [0.25, 0.3) is 0 Å². The van der Waals surface area contributed by atoms with E-state index in [1.54, 1.807) is 0 Å². The van der Waals surface area contributed by atoms with E-state index >= 15 is 0 Å². The minimum absolute atomic E-state index is 0.337. The fourth-order valence-electron chi connectivity index (χ4n) is 2.39. The summed E-state index contributed by atoms with van der Waals surface area (Å²) >= 11 is 12.1. The molecule has 0 fully saturated rings. The fraction of sp³-hybridized carbons (Fsp3) is 1.00. The number of hydrogen-bond acceptors (Lipinski definition) is 1. The summed E-state index contributed by atoms with van der Waals surface area (Å²) in [4.78, 5) is 0. The molecule has 0 bridgehead atoms. The van der Waals surface area contributed by atoms with E-state index in [4.69, 9.17) is 27.6 Å². The molecular formula is C16H34Cl2OSi. The summed E-state index contributed by atoms with van der Waals surface area (Å²) in [5.74, 6) is 0. The highest BCUT2D eigenvalue weighted by Gasteiger charge is 2.33. The molecule has 0 amide bonds. The van der Waals surface area contributed by atoms with Crippen LogP contribution in [0.2, 0.25) is 13.1 Å². The first-order valence-electron chi connectivity index (χ1n) is 8.40. The third-order valence-corrected chi connectivity index (χ3v) is 8.88. The van der Waals surface area contributed by atoms with Gasteiger partial charge in [0.2, 0.25) is 8.32 Å². The summed E-state index contributed by atoms with van der Waals surface area (Å²) in [5, 5.41) is 0. The van der Waals surface area contributed by atoms with Crippen molar-refractivity contribution in [3.05, 3.63) is 0 Å². The molecule has 0 heterocycles. The largest absolute Gasteiger partial charge is 0.412 e. The van der Waals surface area contributed by atoms with Gasteiger partial charge in [0.25, 0.3) is 0 Å². The highest BCUT2D eigenvalue weighted by Crippen LogP contribution is 2.25. The van der Waals surface area contributed by atoms with Crippen molar-refractivity contribution in [2.45, 2.75) is 102 Å². The maximum absolute atomic E-state index is 6.26. The molecule has 0 saturated heterocycles. The maximum atomic E-state index is 6.26. The first-order chi connectivity index (χ1) is 9.44. The monoisotopic (exact) mass is 340 g/mol. The molecule has 1 atom stereocenters. The summed E-state index contributed by atoms with van der Waals surface area (Å²) in [5.41, 5.74) is 0. The van der Waals surface area contributed by atoms with Crippen molar-refractivity contribution in [2.75, 3.05) is 0 Å². The molecule has 0 radical (unpaired) electrons. The van der Waals surface area contributed by atoms with Crippen LogP contribution in [0.15, 0.2) is 0 Å². The van der Waals surface area contributed by atoms with Crippen LogP contribution in [0.4, 0.5) is 0 Å². The van der Waals surface area contributed by atoms with E-state index < -0.39 is 8.32 Å². The Hall–Kier alpha value is 0.757. The van der Waals surface area contributed by atoms with Crippen LogP contribution in [0.5, 0.6) is 0 Å². The lowest BCUT2D eigenvalue weighted by atomic mass is 10.0. The van der Waals surface area contributed by atoms with Crippen LogP contribution in [-0.2, 0) is 4.43 Å². The lowest BCUT2D eigenvalue weighted by Crippen LogP contribution is -2.42. The van der Waals surface area contributed by atoms with Gasteiger partial charge in [-0.3, -0.25) is 0 Å². The van der Waals surface area contributed by atoms with Gasteiger partial charge in [-0.05, 0) is 25.9 Å². The molecule has 0 rings (SSSR count). The molecule has 0 aliphatic carbocycles. The summed E-state index contributed by atoms with van der Waals surface area (Å²) in [6, 6.07) is 0. The highest BCUT2D eigenvalue weighted by molar-refractivity contribution is 6.88. The summed E-state index contributed by atoms with van der Waals surface area (Å²) in [6.07, 6.45) is 13.3. The van der Waals surface area contributed by atoms with Crippen LogP contribution in [0, 0.1) is 0 Å². The molecule has 122 valence electrons. The van der Waals surface area contributed by atoms with Crippen molar-refractivity contribution in [1.29, 1.82) is 0 Å². The van der Waals surface area contributed by atoms with Gasteiger partial charge in [-0.15, -0.1) is 23.2 Å². The Morgan fingerprint density at radius 3 is 1.85 bits per heavy atom. The van der Waals surface area contributed by atoms with Crippen molar-refractivity contribution in [1.82, 2.24) is 0 Å². The van der Waals surface area contributed by atoms with E-state index in [0.29, 0.717) is 6.10 Å². The van der Waals surface area contributed by atoms with E-state index in [2.05, 4.69) is 26.9 Å². The van der Waals surface area contributed by atoms with E-state index in [1.165, 1.54) is 57.8 Å². The molecule has 4 heteroatoms. The van der Waals surface area contributed by atoms with Gasteiger partial charge in [-0.25, -0.2) is 0 Å². The van der Waals surface area contributed by atoms with E-state index in [-0.39, 0.29) is 4.46 Å². The van der Waals surface area contributed by atoms with Gasteiger partial charge in [0.15, 0.2) is 0 Å². The molecule has 0 aliphatic heterocycles. The number of hydrogen-bond donors (Lipinski definition) is 0. The van der Waals surface area contributed by atoms with E-state index in [9.17, 15) is 0 Å². The molecule has 0 aromatic carbocycles. The molecule has 0 saturated carbocycles. The molecule has 0 aromatic rings. The topological polar surface area (TPSA) is 9.23 Å². The van der Waals surface area contributed by atoms with Crippen LogP contribution >= 0.6 is 23.2 Å². The summed E-state index contributed by atoms with van der Waals surface area (Å²) in [7, 11) is -1.94. The Labute approximate surface area is 137 Å². The zero-order valence-corrected chi connectivity index (χ0v) is 16.4. The van der Waals surface area contributed by atoms with Gasteiger partial charge in [-0.2, -0.15) is 0 Å². The van der Waals surface area contributed by atoms with E-state index in [1.807, 2.05) is 0 Å². The maximum Gasteiger partial charge on any atom is 0.220 e. The molecule has 1 nitrogen and oxygen atoms in total. The molecule has 0 aromatic heterocycles. The summed E-state index contributed by atoms with van der Waals surface area (Å²) < 4.78 is 5.92. The quantitative estimate of drug-likeness (QED) is 0.202. The third kappa shape index (κ3) is 10.5. The molecule has 0 aliphatic rings. The standard InChI is InChI=1S/C16H34Cl2OSi/c1-5-7-8-9-10-11-12-14-15(13-6-2)19-20(3,4)16(17)18/h15-16H,5-14H2,1-4H3. The first-order valence-corrected chi connectivity index (χ1v) is 12.3. The number of alkyl halides is 2. The molecule has 1 unspecified atom stereocenters. The fourth-order valence-corrected chi connectivity index (χ4v) is 3.90. The predicted molar refractivity (Wildman–Crippen MR) is 95.4 cm³/mol. The Balaban J connectivity index is 3.86. The Morgan fingerprint density at radius 2 is 1.35 bits per heavy atom. The van der Waals surface area contributed by atoms with Gasteiger partial charge in [0, 0.05) is 6.10 Å². The number of rotatable bonds is 13. The SMILES string of the molecule is CCCCCCCCCC(CCC)O[Si](C)(C)C(Cl)Cl. The van der Waals surface area contributed by atoms with Crippen molar-refractivity contribution in [2.24, 2.45) is 0 Å². The first kappa shape index (κ1) is 20.8. The van der Waals surface area contributed by atoms with Gasteiger partial charge < -0.3 is 4.43 Å². The van der Waals surface area contributed by atoms with Crippen molar-refractivity contribution >= 4 is 31.5 Å². The minimum atomic E-state index is -1.94. The lowest BCUT2D eigenvalue weighted by molar-refractivity contribution is 0.167. The second-order valence-electron chi connectivity index (χ2n) is 6.34. The predicted octanol–water partition coefficient (Wildman–Crippen LogP) is 6.86.